The molecule has 1 aliphatic rings. The summed E-state index contributed by atoms with van der Waals surface area (Å²) in [6.45, 7) is 4.32. The van der Waals surface area contributed by atoms with Crippen LogP contribution < -0.4 is 5.32 Å². The first kappa shape index (κ1) is 20.7. The fourth-order valence-electron chi connectivity index (χ4n) is 3.41. The van der Waals surface area contributed by atoms with Gasteiger partial charge in [0, 0.05) is 22.0 Å². The van der Waals surface area contributed by atoms with E-state index in [1.807, 2.05) is 16.7 Å². The SMILES string of the molecule is C=CCn1c(SCC(=O)Nc2sc3c(c2C#N)CCC3)nnc1-c1ccc(Cl)cc1. The lowest BCUT2D eigenvalue weighted by Crippen LogP contribution is -2.14. The Bertz CT molecular complexity index is 1140. The highest BCUT2D eigenvalue weighted by atomic mass is 35.5. The van der Waals surface area contributed by atoms with Gasteiger partial charge in [0.05, 0.1) is 11.3 Å². The van der Waals surface area contributed by atoms with E-state index in [4.69, 9.17) is 11.6 Å². The number of halogens is 1. The predicted octanol–water partition coefficient (Wildman–Crippen LogP) is 4.94. The molecule has 0 saturated heterocycles. The standard InChI is InChI=1S/C21H18ClN5OS2/c1-2-10-27-19(13-6-8-14(22)9-7-13)25-26-21(27)29-12-18(28)24-20-16(11-23)15-4-3-5-17(15)30-20/h2,6-9H,1,3-5,10,12H2,(H,24,28). The first-order chi connectivity index (χ1) is 14.6. The van der Waals surface area contributed by atoms with Crippen molar-refractivity contribution in [1.29, 1.82) is 5.26 Å². The molecule has 0 unspecified atom stereocenters. The molecule has 2 heterocycles. The summed E-state index contributed by atoms with van der Waals surface area (Å²) in [7, 11) is 0. The number of allylic oxidation sites excluding steroid dienone is 1. The molecule has 2 aromatic heterocycles. The summed E-state index contributed by atoms with van der Waals surface area (Å²) in [5.41, 5.74) is 2.60. The first-order valence-corrected chi connectivity index (χ1v) is 11.6. The molecule has 30 heavy (non-hydrogen) atoms. The van der Waals surface area contributed by atoms with Gasteiger partial charge in [0.2, 0.25) is 5.91 Å². The lowest BCUT2D eigenvalue weighted by molar-refractivity contribution is -0.113. The lowest BCUT2D eigenvalue weighted by atomic mass is 10.1. The van der Waals surface area contributed by atoms with Crippen LogP contribution in [0.25, 0.3) is 11.4 Å². The average Bonchev–Trinajstić information content (AvgIpc) is 3.42. The molecule has 0 radical (unpaired) electrons. The van der Waals surface area contributed by atoms with E-state index in [1.165, 1.54) is 28.0 Å². The van der Waals surface area contributed by atoms with Gasteiger partial charge in [-0.05, 0) is 49.1 Å². The van der Waals surface area contributed by atoms with E-state index < -0.39 is 0 Å². The van der Waals surface area contributed by atoms with Crippen LogP contribution in [0.4, 0.5) is 5.00 Å². The third-order valence-corrected chi connectivity index (χ3v) is 7.18. The summed E-state index contributed by atoms with van der Waals surface area (Å²) in [5, 5.41) is 22.8. The smallest absolute Gasteiger partial charge is 0.235 e. The second kappa shape index (κ2) is 9.04. The topological polar surface area (TPSA) is 83.6 Å². The van der Waals surface area contributed by atoms with Crippen molar-refractivity contribution in [1.82, 2.24) is 14.8 Å². The number of carbonyl (C=O) groups is 1. The Morgan fingerprint density at radius 3 is 2.90 bits per heavy atom. The Hall–Kier alpha value is -2.60. The first-order valence-electron chi connectivity index (χ1n) is 9.38. The number of hydrogen-bond donors (Lipinski definition) is 1. The van der Waals surface area contributed by atoms with Gasteiger partial charge in [-0.2, -0.15) is 5.26 Å². The number of carbonyl (C=O) groups excluding carboxylic acids is 1. The van der Waals surface area contributed by atoms with Gasteiger partial charge in [-0.3, -0.25) is 9.36 Å². The van der Waals surface area contributed by atoms with Gasteiger partial charge in [0.1, 0.15) is 11.1 Å². The van der Waals surface area contributed by atoms with Crippen molar-refractivity contribution in [3.63, 3.8) is 0 Å². The van der Waals surface area contributed by atoms with E-state index in [2.05, 4.69) is 28.2 Å². The van der Waals surface area contributed by atoms with E-state index in [9.17, 15) is 10.1 Å². The minimum Gasteiger partial charge on any atom is -0.316 e. The molecule has 4 rings (SSSR count). The average molecular weight is 456 g/mol. The molecular weight excluding hydrogens is 438 g/mol. The number of thiophene rings is 1. The van der Waals surface area contributed by atoms with Crippen molar-refractivity contribution in [3.05, 3.63) is 57.9 Å². The van der Waals surface area contributed by atoms with Gasteiger partial charge >= 0.3 is 0 Å². The monoisotopic (exact) mass is 455 g/mol. The van der Waals surface area contributed by atoms with Gasteiger partial charge in [0.25, 0.3) is 0 Å². The number of hydrogen-bond acceptors (Lipinski definition) is 6. The second-order valence-corrected chi connectivity index (χ2v) is 9.21. The Kier molecular flexibility index (Phi) is 6.23. The number of nitrogens with zero attached hydrogens (tertiary/aromatic N) is 4. The summed E-state index contributed by atoms with van der Waals surface area (Å²) < 4.78 is 1.91. The van der Waals surface area contributed by atoms with Crippen LogP contribution in [0.5, 0.6) is 0 Å². The number of nitrogens with one attached hydrogen (secondary N) is 1. The van der Waals surface area contributed by atoms with Crippen molar-refractivity contribution >= 4 is 45.6 Å². The van der Waals surface area contributed by atoms with Crippen LogP contribution in [0.1, 0.15) is 22.4 Å². The van der Waals surface area contributed by atoms with Crippen LogP contribution >= 0.6 is 34.7 Å². The maximum Gasteiger partial charge on any atom is 0.235 e. The maximum atomic E-state index is 12.5. The third kappa shape index (κ3) is 4.15. The maximum absolute atomic E-state index is 12.5. The molecule has 1 N–H and O–H groups in total. The summed E-state index contributed by atoms with van der Waals surface area (Å²) >= 11 is 8.79. The van der Waals surface area contributed by atoms with Gasteiger partial charge in [-0.1, -0.05) is 29.4 Å². The second-order valence-electron chi connectivity index (χ2n) is 6.72. The van der Waals surface area contributed by atoms with E-state index in [0.29, 0.717) is 33.1 Å². The molecule has 152 valence electrons. The minimum absolute atomic E-state index is 0.169. The quantitative estimate of drug-likeness (QED) is 0.403. The highest BCUT2D eigenvalue weighted by molar-refractivity contribution is 7.99. The molecule has 0 aliphatic heterocycles. The summed E-state index contributed by atoms with van der Waals surface area (Å²) in [5.74, 6) is 0.692. The number of nitriles is 1. The molecule has 9 heteroatoms. The van der Waals surface area contributed by atoms with Crippen LogP contribution in [0, 0.1) is 11.3 Å². The Morgan fingerprint density at radius 2 is 2.17 bits per heavy atom. The summed E-state index contributed by atoms with van der Waals surface area (Å²) in [4.78, 5) is 13.8. The van der Waals surface area contributed by atoms with Crippen LogP contribution in [-0.2, 0) is 24.2 Å². The molecule has 1 aliphatic carbocycles. The van der Waals surface area contributed by atoms with Crippen molar-refractivity contribution < 1.29 is 4.79 Å². The molecule has 0 saturated carbocycles. The fraction of sp³-hybridized carbons (Fsp3) is 0.238. The number of aryl methyl sites for hydroxylation is 1. The van der Waals surface area contributed by atoms with E-state index in [-0.39, 0.29) is 11.7 Å². The summed E-state index contributed by atoms with van der Waals surface area (Å²) in [6, 6.07) is 9.61. The van der Waals surface area contributed by atoms with Gasteiger partial charge < -0.3 is 5.32 Å². The number of amides is 1. The zero-order valence-electron chi connectivity index (χ0n) is 16.0. The van der Waals surface area contributed by atoms with Gasteiger partial charge in [0.15, 0.2) is 11.0 Å². The van der Waals surface area contributed by atoms with Crippen molar-refractivity contribution in [2.75, 3.05) is 11.1 Å². The van der Waals surface area contributed by atoms with Gasteiger partial charge in [-0.15, -0.1) is 28.1 Å². The molecule has 0 fully saturated rings. The van der Waals surface area contributed by atoms with Crippen LogP contribution in [0.2, 0.25) is 5.02 Å². The minimum atomic E-state index is -0.169. The Morgan fingerprint density at radius 1 is 1.37 bits per heavy atom. The van der Waals surface area contributed by atoms with Crippen LogP contribution in [-0.4, -0.2) is 26.4 Å². The molecule has 6 nitrogen and oxygen atoms in total. The van der Waals surface area contributed by atoms with Crippen LogP contribution in [0.3, 0.4) is 0 Å². The van der Waals surface area contributed by atoms with E-state index >= 15 is 0 Å². The fourth-order valence-corrected chi connectivity index (χ4v) is 5.53. The predicted molar refractivity (Wildman–Crippen MR) is 121 cm³/mol. The number of thioether (sulfide) groups is 1. The van der Waals surface area contributed by atoms with Crippen molar-refractivity contribution in [2.45, 2.75) is 31.0 Å². The molecule has 3 aromatic rings. The van der Waals surface area contributed by atoms with Gasteiger partial charge in [-0.25, -0.2) is 0 Å². The Labute approximate surface area is 187 Å². The zero-order chi connectivity index (χ0) is 21.1. The number of anilines is 1. The van der Waals surface area contributed by atoms with Crippen molar-refractivity contribution in [2.24, 2.45) is 0 Å². The molecule has 0 spiro atoms. The number of aromatic nitrogens is 3. The highest BCUT2D eigenvalue weighted by Crippen LogP contribution is 2.38. The van der Waals surface area contributed by atoms with Crippen molar-refractivity contribution in [3.8, 4) is 17.5 Å². The molecule has 0 atom stereocenters. The largest absolute Gasteiger partial charge is 0.316 e. The molecular formula is C21H18ClN5OS2. The highest BCUT2D eigenvalue weighted by Gasteiger charge is 2.23. The normalized spacial score (nSPS) is 12.4. The lowest BCUT2D eigenvalue weighted by Gasteiger charge is -2.08. The summed E-state index contributed by atoms with van der Waals surface area (Å²) in [6.07, 6.45) is 4.74. The zero-order valence-corrected chi connectivity index (χ0v) is 18.4. The van der Waals surface area contributed by atoms with Crippen LogP contribution in [0.15, 0.2) is 42.1 Å². The van der Waals surface area contributed by atoms with E-state index in [0.717, 1.165) is 30.4 Å². The number of fused-ring (bicyclic) bond motifs is 1. The Balaban J connectivity index is 1.47. The number of benzene rings is 1. The van der Waals surface area contributed by atoms with E-state index in [1.54, 1.807) is 18.2 Å². The molecule has 1 aromatic carbocycles. The molecule has 0 bridgehead atoms. The number of rotatable bonds is 7. The third-order valence-electron chi connectivity index (χ3n) is 4.75. The molecule has 1 amide bonds.